The van der Waals surface area contributed by atoms with Crippen LogP contribution in [0.1, 0.15) is 24.4 Å². The predicted octanol–water partition coefficient (Wildman–Crippen LogP) is 0.775. The normalized spacial score (nSPS) is 11.7. The number of rotatable bonds is 7. The van der Waals surface area contributed by atoms with Crippen molar-refractivity contribution < 1.29 is 24.6 Å². The number of nitrogens with one attached hydrogen (secondary N) is 1. The van der Waals surface area contributed by atoms with Crippen molar-refractivity contribution in [2.24, 2.45) is 0 Å². The van der Waals surface area contributed by atoms with Gasteiger partial charge in [-0.1, -0.05) is 6.92 Å². The Morgan fingerprint density at radius 1 is 1.35 bits per heavy atom. The molecular weight excluding hydrogens is 286 g/mol. The van der Waals surface area contributed by atoms with E-state index in [4.69, 9.17) is 10.2 Å². The fraction of sp³-hybridized carbons (Fsp3) is 0.455. The summed E-state index contributed by atoms with van der Waals surface area (Å²) < 4.78 is 0. The Morgan fingerprint density at radius 2 is 1.95 bits per heavy atom. The largest absolute Gasteiger partial charge is 0.480 e. The number of carboxylic acid groups (broad SMARTS) is 2. The van der Waals surface area contributed by atoms with Gasteiger partial charge in [-0.3, -0.25) is 9.59 Å². The van der Waals surface area contributed by atoms with E-state index in [1.54, 1.807) is 11.6 Å². The number of carboxylic acids is 2. The van der Waals surface area contributed by atoms with E-state index >= 15 is 0 Å². The zero-order valence-electron chi connectivity index (χ0n) is 10.8. The molecule has 0 saturated carbocycles. The lowest BCUT2D eigenvalue weighted by Crippen LogP contribution is -2.46. The van der Waals surface area contributed by atoms with Crippen LogP contribution in [0.4, 0.5) is 4.79 Å². The molecule has 110 valence electrons. The number of hydrogen-bond acceptors (Lipinski definition) is 5. The van der Waals surface area contributed by atoms with Crippen LogP contribution in [0.2, 0.25) is 0 Å². The van der Waals surface area contributed by atoms with Gasteiger partial charge in [0.05, 0.1) is 6.04 Å². The number of aromatic nitrogens is 1. The SMILES string of the molecule is CCC(NC(=O)N(CC(=O)O)CC(=O)O)c1nccs1. The molecule has 0 saturated heterocycles. The van der Waals surface area contributed by atoms with Gasteiger partial charge in [0.2, 0.25) is 0 Å². The minimum atomic E-state index is -1.27. The summed E-state index contributed by atoms with van der Waals surface area (Å²) in [5.74, 6) is -2.55. The molecule has 0 aliphatic carbocycles. The van der Waals surface area contributed by atoms with Crippen LogP contribution in [0.3, 0.4) is 0 Å². The van der Waals surface area contributed by atoms with Crippen molar-refractivity contribution in [3.05, 3.63) is 16.6 Å². The van der Waals surface area contributed by atoms with Crippen LogP contribution in [-0.2, 0) is 9.59 Å². The van der Waals surface area contributed by atoms with E-state index in [2.05, 4.69) is 10.3 Å². The molecule has 20 heavy (non-hydrogen) atoms. The second-order valence-corrected chi connectivity index (χ2v) is 4.85. The average molecular weight is 301 g/mol. The van der Waals surface area contributed by atoms with Gasteiger partial charge in [-0.05, 0) is 6.42 Å². The fourth-order valence-corrected chi connectivity index (χ4v) is 2.28. The van der Waals surface area contributed by atoms with Gasteiger partial charge in [0.15, 0.2) is 0 Å². The molecule has 3 N–H and O–H groups in total. The van der Waals surface area contributed by atoms with Crippen LogP contribution in [0.25, 0.3) is 0 Å². The Labute approximate surface area is 119 Å². The molecule has 1 aromatic heterocycles. The summed E-state index contributed by atoms with van der Waals surface area (Å²) in [5.41, 5.74) is 0. The Hall–Kier alpha value is -2.16. The summed E-state index contributed by atoms with van der Waals surface area (Å²) in [7, 11) is 0. The third-order valence-corrected chi connectivity index (χ3v) is 3.28. The van der Waals surface area contributed by atoms with Gasteiger partial charge in [-0.15, -0.1) is 11.3 Å². The number of carbonyl (C=O) groups excluding carboxylic acids is 1. The molecule has 0 aliphatic rings. The quantitative estimate of drug-likeness (QED) is 0.684. The first-order chi connectivity index (χ1) is 9.43. The number of thiazole rings is 1. The van der Waals surface area contributed by atoms with Gasteiger partial charge >= 0.3 is 18.0 Å². The fourth-order valence-electron chi connectivity index (χ4n) is 1.51. The third kappa shape index (κ3) is 4.84. The zero-order valence-corrected chi connectivity index (χ0v) is 11.6. The lowest BCUT2D eigenvalue weighted by molar-refractivity contribution is -0.140. The Kier molecular flexibility index (Phi) is 5.91. The highest BCUT2D eigenvalue weighted by Gasteiger charge is 2.23. The molecule has 0 radical (unpaired) electrons. The molecule has 9 heteroatoms. The second kappa shape index (κ2) is 7.43. The van der Waals surface area contributed by atoms with Gasteiger partial charge in [0, 0.05) is 11.6 Å². The van der Waals surface area contributed by atoms with E-state index < -0.39 is 31.1 Å². The molecular formula is C11H15N3O5S. The topological polar surface area (TPSA) is 120 Å². The number of hydrogen-bond donors (Lipinski definition) is 3. The lowest BCUT2D eigenvalue weighted by atomic mass is 10.2. The Balaban J connectivity index is 2.73. The van der Waals surface area contributed by atoms with Crippen molar-refractivity contribution in [2.45, 2.75) is 19.4 Å². The summed E-state index contributed by atoms with van der Waals surface area (Å²) in [6, 6.07) is -1.11. The van der Waals surface area contributed by atoms with Crippen LogP contribution in [0, 0.1) is 0 Å². The highest BCUT2D eigenvalue weighted by atomic mass is 32.1. The van der Waals surface area contributed by atoms with Crippen LogP contribution in [-0.4, -0.2) is 51.2 Å². The Morgan fingerprint density at radius 3 is 2.35 bits per heavy atom. The van der Waals surface area contributed by atoms with Crippen molar-refractivity contribution in [1.29, 1.82) is 0 Å². The molecule has 0 spiro atoms. The summed E-state index contributed by atoms with van der Waals surface area (Å²) in [6.45, 7) is 0.490. The minimum Gasteiger partial charge on any atom is -0.480 e. The van der Waals surface area contributed by atoms with E-state index in [0.717, 1.165) is 4.90 Å². The highest BCUT2D eigenvalue weighted by molar-refractivity contribution is 7.09. The molecule has 0 aromatic carbocycles. The van der Waals surface area contributed by atoms with Gasteiger partial charge in [0.1, 0.15) is 18.1 Å². The van der Waals surface area contributed by atoms with Gasteiger partial charge in [0.25, 0.3) is 0 Å². The van der Waals surface area contributed by atoms with Crippen molar-refractivity contribution in [3.8, 4) is 0 Å². The molecule has 1 atom stereocenters. The lowest BCUT2D eigenvalue weighted by Gasteiger charge is -2.22. The molecule has 0 bridgehead atoms. The number of urea groups is 1. The summed E-state index contributed by atoms with van der Waals surface area (Å²) >= 11 is 1.36. The maximum Gasteiger partial charge on any atom is 0.323 e. The van der Waals surface area contributed by atoms with E-state index in [-0.39, 0.29) is 6.04 Å². The van der Waals surface area contributed by atoms with Gasteiger partial charge in [-0.25, -0.2) is 9.78 Å². The molecule has 0 aliphatic heterocycles. The van der Waals surface area contributed by atoms with E-state index in [9.17, 15) is 14.4 Å². The maximum absolute atomic E-state index is 11.9. The number of nitrogens with zero attached hydrogens (tertiary/aromatic N) is 2. The molecule has 1 heterocycles. The zero-order chi connectivity index (χ0) is 15.1. The number of amides is 2. The molecule has 8 nitrogen and oxygen atoms in total. The van der Waals surface area contributed by atoms with Crippen LogP contribution >= 0.6 is 11.3 Å². The van der Waals surface area contributed by atoms with Crippen molar-refractivity contribution in [3.63, 3.8) is 0 Å². The number of carbonyl (C=O) groups is 3. The molecule has 1 rings (SSSR count). The second-order valence-electron chi connectivity index (χ2n) is 3.92. The third-order valence-electron chi connectivity index (χ3n) is 2.39. The first kappa shape index (κ1) is 15.9. The summed E-state index contributed by atoms with van der Waals surface area (Å²) in [6.07, 6.45) is 2.16. The molecule has 1 aromatic rings. The van der Waals surface area contributed by atoms with Crippen LogP contribution < -0.4 is 5.32 Å². The molecule has 1 unspecified atom stereocenters. The van der Waals surface area contributed by atoms with E-state index in [1.807, 2.05) is 6.92 Å². The number of aliphatic carboxylic acids is 2. The first-order valence-electron chi connectivity index (χ1n) is 5.82. The average Bonchev–Trinajstić information content (AvgIpc) is 2.87. The van der Waals surface area contributed by atoms with Crippen molar-refractivity contribution in [2.75, 3.05) is 13.1 Å². The molecule has 0 fully saturated rings. The summed E-state index contributed by atoms with van der Waals surface area (Å²) in [5, 5.41) is 22.4. The molecule has 2 amide bonds. The van der Waals surface area contributed by atoms with Crippen LogP contribution in [0.5, 0.6) is 0 Å². The van der Waals surface area contributed by atoms with Crippen molar-refractivity contribution >= 4 is 29.3 Å². The van der Waals surface area contributed by atoms with Gasteiger partial charge in [-0.2, -0.15) is 0 Å². The van der Waals surface area contributed by atoms with Gasteiger partial charge < -0.3 is 20.4 Å². The van der Waals surface area contributed by atoms with E-state index in [1.165, 1.54) is 11.3 Å². The van der Waals surface area contributed by atoms with Crippen molar-refractivity contribution in [1.82, 2.24) is 15.2 Å². The summed E-state index contributed by atoms with van der Waals surface area (Å²) in [4.78, 5) is 38.1. The smallest absolute Gasteiger partial charge is 0.323 e. The monoisotopic (exact) mass is 301 g/mol. The van der Waals surface area contributed by atoms with Crippen LogP contribution in [0.15, 0.2) is 11.6 Å². The Bertz CT molecular complexity index is 460. The first-order valence-corrected chi connectivity index (χ1v) is 6.70. The van der Waals surface area contributed by atoms with E-state index in [0.29, 0.717) is 11.4 Å². The minimum absolute atomic E-state index is 0.368. The predicted molar refractivity (Wildman–Crippen MR) is 70.5 cm³/mol. The maximum atomic E-state index is 11.9. The standard InChI is InChI=1S/C11H15N3O5S/c1-2-7(10-12-3-4-20-10)13-11(19)14(5-8(15)16)6-9(17)18/h3-4,7H,2,5-6H2,1H3,(H,13,19)(H,15,16)(H,17,18). The highest BCUT2D eigenvalue weighted by Crippen LogP contribution is 2.18.